The monoisotopic (exact) mass is 245 g/mol. The van der Waals surface area contributed by atoms with E-state index >= 15 is 0 Å². The van der Waals surface area contributed by atoms with Crippen molar-refractivity contribution in [1.82, 2.24) is 9.66 Å². The fourth-order valence-corrected chi connectivity index (χ4v) is 1.62. The minimum absolute atomic E-state index is 0.189. The molecule has 1 heterocycles. The summed E-state index contributed by atoms with van der Waals surface area (Å²) in [4.78, 5) is 16.3. The summed E-state index contributed by atoms with van der Waals surface area (Å²) in [6, 6.07) is 7.19. The normalized spacial score (nSPS) is 11.8. The molecule has 2 aromatic rings. The first-order valence-electron chi connectivity index (χ1n) is 5.93. The number of benzene rings is 1. The van der Waals surface area contributed by atoms with Crippen molar-refractivity contribution in [2.24, 2.45) is 5.10 Å². The van der Waals surface area contributed by atoms with Gasteiger partial charge in [0, 0.05) is 6.42 Å². The highest BCUT2D eigenvalue weighted by Gasteiger charge is 2.03. The van der Waals surface area contributed by atoms with E-state index in [9.17, 15) is 4.79 Å². The minimum Gasteiger partial charge on any atom is -0.480 e. The van der Waals surface area contributed by atoms with Crippen molar-refractivity contribution in [3.05, 3.63) is 40.9 Å². The van der Waals surface area contributed by atoms with Crippen LogP contribution in [0.3, 0.4) is 0 Å². The molecule has 0 aliphatic heterocycles. The molecule has 2 rings (SSSR count). The summed E-state index contributed by atoms with van der Waals surface area (Å²) in [5.41, 5.74) is 0.481. The minimum atomic E-state index is -0.189. The average Bonchev–Trinajstić information content (AvgIpc) is 2.41. The fourth-order valence-electron chi connectivity index (χ4n) is 1.62. The largest absolute Gasteiger partial charge is 0.480 e. The van der Waals surface area contributed by atoms with E-state index in [1.54, 1.807) is 12.1 Å². The number of hydrogen-bond donors (Lipinski definition) is 0. The molecule has 0 saturated carbocycles. The van der Waals surface area contributed by atoms with Crippen LogP contribution in [-0.2, 0) is 4.74 Å². The van der Waals surface area contributed by atoms with E-state index in [1.165, 1.54) is 11.0 Å². The molecule has 94 valence electrons. The van der Waals surface area contributed by atoms with Gasteiger partial charge in [-0.2, -0.15) is 4.68 Å². The van der Waals surface area contributed by atoms with Gasteiger partial charge in [0.2, 0.25) is 5.90 Å². The maximum atomic E-state index is 12.1. The van der Waals surface area contributed by atoms with E-state index < -0.39 is 0 Å². The number of hydrogen-bond acceptors (Lipinski definition) is 4. The Balaban J connectivity index is 2.52. The molecule has 0 aliphatic carbocycles. The Morgan fingerprint density at radius 2 is 2.17 bits per heavy atom. The van der Waals surface area contributed by atoms with Crippen LogP contribution < -0.4 is 5.56 Å². The van der Waals surface area contributed by atoms with Gasteiger partial charge in [-0.15, -0.1) is 5.10 Å². The molecule has 5 heteroatoms. The molecule has 5 nitrogen and oxygen atoms in total. The first kappa shape index (κ1) is 12.3. The van der Waals surface area contributed by atoms with Gasteiger partial charge in [0.25, 0.3) is 5.56 Å². The van der Waals surface area contributed by atoms with E-state index in [-0.39, 0.29) is 5.56 Å². The molecule has 0 saturated heterocycles. The second kappa shape index (κ2) is 5.44. The third-order valence-electron chi connectivity index (χ3n) is 2.48. The van der Waals surface area contributed by atoms with Crippen LogP contribution in [0.25, 0.3) is 10.9 Å². The standard InChI is InChI=1S/C13H15N3O2/c1-3-12(18-4-2)15-16-9-14-11-8-6-5-7-10(11)13(16)17/h5-9H,3-4H2,1-2H3/b15-12+. The highest BCUT2D eigenvalue weighted by atomic mass is 16.5. The smallest absolute Gasteiger partial charge is 0.281 e. The summed E-state index contributed by atoms with van der Waals surface area (Å²) in [6.45, 7) is 4.34. The Labute approximate surface area is 105 Å². The van der Waals surface area contributed by atoms with Gasteiger partial charge in [0.1, 0.15) is 6.33 Å². The lowest BCUT2D eigenvalue weighted by atomic mass is 10.2. The Morgan fingerprint density at radius 3 is 2.89 bits per heavy atom. The predicted molar refractivity (Wildman–Crippen MR) is 70.8 cm³/mol. The summed E-state index contributed by atoms with van der Waals surface area (Å²) >= 11 is 0. The van der Waals surface area contributed by atoms with E-state index in [0.29, 0.717) is 29.8 Å². The molecule has 1 aromatic heterocycles. The molecule has 0 spiro atoms. The quantitative estimate of drug-likeness (QED) is 0.614. The van der Waals surface area contributed by atoms with Crippen molar-refractivity contribution in [2.75, 3.05) is 6.61 Å². The van der Waals surface area contributed by atoms with E-state index in [0.717, 1.165) is 0 Å². The summed E-state index contributed by atoms with van der Waals surface area (Å²) in [6.07, 6.45) is 2.05. The molecule has 0 atom stereocenters. The maximum Gasteiger partial charge on any atom is 0.281 e. The van der Waals surface area contributed by atoms with Crippen molar-refractivity contribution < 1.29 is 4.74 Å². The van der Waals surface area contributed by atoms with Gasteiger partial charge < -0.3 is 4.74 Å². The zero-order chi connectivity index (χ0) is 13.0. The summed E-state index contributed by atoms with van der Waals surface area (Å²) in [5, 5.41) is 4.70. The SMILES string of the molecule is CCO/C(CC)=N/n1cnc2ccccc2c1=O. The van der Waals surface area contributed by atoms with Gasteiger partial charge in [-0.05, 0) is 19.1 Å². The van der Waals surface area contributed by atoms with Crippen LogP contribution in [0.15, 0.2) is 40.5 Å². The van der Waals surface area contributed by atoms with Crippen molar-refractivity contribution in [1.29, 1.82) is 0 Å². The molecule has 18 heavy (non-hydrogen) atoms. The number of fused-ring (bicyclic) bond motifs is 1. The van der Waals surface area contributed by atoms with E-state index in [2.05, 4.69) is 10.1 Å². The Kier molecular flexibility index (Phi) is 3.72. The molecule has 0 bridgehead atoms. The third kappa shape index (κ3) is 2.40. The summed E-state index contributed by atoms with van der Waals surface area (Å²) in [5.74, 6) is 0.525. The number of ether oxygens (including phenoxy) is 1. The van der Waals surface area contributed by atoms with Crippen LogP contribution in [-0.4, -0.2) is 22.2 Å². The lowest BCUT2D eigenvalue weighted by Gasteiger charge is -2.05. The van der Waals surface area contributed by atoms with Gasteiger partial charge in [0.15, 0.2) is 0 Å². The molecular formula is C13H15N3O2. The van der Waals surface area contributed by atoms with Crippen molar-refractivity contribution >= 4 is 16.8 Å². The summed E-state index contributed by atoms with van der Waals surface area (Å²) < 4.78 is 6.54. The molecule has 0 N–H and O–H groups in total. The zero-order valence-electron chi connectivity index (χ0n) is 10.5. The van der Waals surface area contributed by atoms with E-state index in [4.69, 9.17) is 4.74 Å². The van der Waals surface area contributed by atoms with Crippen LogP contribution in [0.1, 0.15) is 20.3 Å². The zero-order valence-corrected chi connectivity index (χ0v) is 10.5. The van der Waals surface area contributed by atoms with Gasteiger partial charge >= 0.3 is 0 Å². The van der Waals surface area contributed by atoms with Gasteiger partial charge in [-0.25, -0.2) is 4.98 Å². The maximum absolute atomic E-state index is 12.1. The van der Waals surface area contributed by atoms with Crippen molar-refractivity contribution in [2.45, 2.75) is 20.3 Å². The van der Waals surface area contributed by atoms with Crippen LogP contribution in [0.2, 0.25) is 0 Å². The Morgan fingerprint density at radius 1 is 1.39 bits per heavy atom. The molecule has 0 radical (unpaired) electrons. The van der Waals surface area contributed by atoms with Gasteiger partial charge in [-0.3, -0.25) is 4.79 Å². The molecule has 0 amide bonds. The second-order valence-electron chi connectivity index (χ2n) is 3.69. The molecular weight excluding hydrogens is 230 g/mol. The number of para-hydroxylation sites is 1. The van der Waals surface area contributed by atoms with Crippen LogP contribution in [0.4, 0.5) is 0 Å². The highest BCUT2D eigenvalue weighted by Crippen LogP contribution is 2.04. The first-order valence-corrected chi connectivity index (χ1v) is 5.93. The second-order valence-corrected chi connectivity index (χ2v) is 3.69. The Hall–Kier alpha value is -2.17. The topological polar surface area (TPSA) is 56.5 Å². The first-order chi connectivity index (χ1) is 8.76. The number of nitrogens with zero attached hydrogens (tertiary/aromatic N) is 3. The van der Waals surface area contributed by atoms with Crippen molar-refractivity contribution in [3.63, 3.8) is 0 Å². The van der Waals surface area contributed by atoms with Crippen LogP contribution in [0.5, 0.6) is 0 Å². The lowest BCUT2D eigenvalue weighted by Crippen LogP contribution is -2.19. The fraction of sp³-hybridized carbons (Fsp3) is 0.308. The van der Waals surface area contributed by atoms with Crippen molar-refractivity contribution in [3.8, 4) is 0 Å². The van der Waals surface area contributed by atoms with Crippen LogP contribution in [0, 0.1) is 0 Å². The lowest BCUT2D eigenvalue weighted by molar-refractivity contribution is 0.315. The number of aromatic nitrogens is 2. The van der Waals surface area contributed by atoms with E-state index in [1.807, 2.05) is 26.0 Å². The Bertz CT molecular complexity index is 631. The summed E-state index contributed by atoms with van der Waals surface area (Å²) in [7, 11) is 0. The molecule has 0 fully saturated rings. The van der Waals surface area contributed by atoms with Crippen LogP contribution >= 0.6 is 0 Å². The molecule has 1 aromatic carbocycles. The predicted octanol–water partition coefficient (Wildman–Crippen LogP) is 2.00. The third-order valence-corrected chi connectivity index (χ3v) is 2.48. The average molecular weight is 245 g/mol. The van der Waals surface area contributed by atoms with Gasteiger partial charge in [-0.1, -0.05) is 19.1 Å². The molecule has 0 aliphatic rings. The number of rotatable bonds is 3. The highest BCUT2D eigenvalue weighted by molar-refractivity contribution is 5.78. The van der Waals surface area contributed by atoms with Gasteiger partial charge in [0.05, 0.1) is 17.5 Å². The molecule has 0 unspecified atom stereocenters.